The van der Waals surface area contributed by atoms with Gasteiger partial charge in [0.05, 0.1) is 0 Å². The predicted molar refractivity (Wildman–Crippen MR) is 72.0 cm³/mol. The highest BCUT2D eigenvalue weighted by atomic mass is 16.5. The molecule has 0 aliphatic carbocycles. The maximum absolute atomic E-state index is 9.70. The largest absolute Gasteiger partial charge is 0.491 e. The van der Waals surface area contributed by atoms with Crippen LogP contribution in [0, 0.1) is 6.92 Å². The van der Waals surface area contributed by atoms with Gasteiger partial charge in [-0.15, -0.1) is 0 Å². The molecule has 0 saturated heterocycles. The molecule has 102 valence electrons. The first-order valence-electron chi connectivity index (χ1n) is 6.29. The first-order chi connectivity index (χ1) is 8.72. The molecule has 2 N–H and O–H groups in total. The van der Waals surface area contributed by atoms with E-state index in [0.29, 0.717) is 13.2 Å². The molecule has 0 aromatic heterocycles. The zero-order chi connectivity index (χ0) is 13.2. The van der Waals surface area contributed by atoms with Gasteiger partial charge in [0, 0.05) is 20.3 Å². The fraction of sp³-hybridized carbons (Fsp3) is 0.571. The highest BCUT2D eigenvalue weighted by Gasteiger charge is 2.04. The molecule has 4 nitrogen and oxygen atoms in total. The van der Waals surface area contributed by atoms with Crippen LogP contribution in [0.15, 0.2) is 24.3 Å². The fourth-order valence-corrected chi connectivity index (χ4v) is 1.50. The molecule has 0 spiro atoms. The summed E-state index contributed by atoms with van der Waals surface area (Å²) in [5.41, 5.74) is 1.20. The summed E-state index contributed by atoms with van der Waals surface area (Å²) in [6, 6.07) is 7.80. The third-order valence-electron chi connectivity index (χ3n) is 2.55. The van der Waals surface area contributed by atoms with Gasteiger partial charge in [-0.1, -0.05) is 17.7 Å². The molecule has 0 unspecified atom stereocenters. The summed E-state index contributed by atoms with van der Waals surface area (Å²) in [7, 11) is 1.68. The van der Waals surface area contributed by atoms with Gasteiger partial charge in [-0.2, -0.15) is 0 Å². The Labute approximate surface area is 109 Å². The summed E-state index contributed by atoms with van der Waals surface area (Å²) >= 11 is 0. The molecular weight excluding hydrogens is 230 g/mol. The number of methoxy groups -OCH3 is 1. The lowest BCUT2D eigenvalue weighted by Gasteiger charge is -2.13. The van der Waals surface area contributed by atoms with Gasteiger partial charge < -0.3 is 19.9 Å². The Morgan fingerprint density at radius 2 is 2.00 bits per heavy atom. The van der Waals surface area contributed by atoms with Crippen molar-refractivity contribution in [2.24, 2.45) is 0 Å². The van der Waals surface area contributed by atoms with Gasteiger partial charge in [-0.3, -0.25) is 0 Å². The second kappa shape index (κ2) is 8.91. The lowest BCUT2D eigenvalue weighted by Crippen LogP contribution is -2.32. The Morgan fingerprint density at radius 1 is 1.28 bits per heavy atom. The minimum Gasteiger partial charge on any atom is -0.491 e. The van der Waals surface area contributed by atoms with Gasteiger partial charge >= 0.3 is 0 Å². The highest BCUT2D eigenvalue weighted by Crippen LogP contribution is 2.11. The molecular formula is C14H23NO3. The second-order valence-electron chi connectivity index (χ2n) is 4.33. The zero-order valence-corrected chi connectivity index (χ0v) is 11.2. The van der Waals surface area contributed by atoms with E-state index in [9.17, 15) is 5.11 Å². The third kappa shape index (κ3) is 6.59. The molecule has 0 heterocycles. The predicted octanol–water partition coefficient (Wildman–Crippen LogP) is 1.36. The van der Waals surface area contributed by atoms with Crippen LogP contribution >= 0.6 is 0 Å². The van der Waals surface area contributed by atoms with Crippen molar-refractivity contribution >= 4 is 0 Å². The van der Waals surface area contributed by atoms with Gasteiger partial charge in [-0.25, -0.2) is 0 Å². The van der Waals surface area contributed by atoms with E-state index in [-0.39, 0.29) is 0 Å². The molecule has 1 aromatic rings. The van der Waals surface area contributed by atoms with Crippen molar-refractivity contribution in [2.75, 3.05) is 33.4 Å². The summed E-state index contributed by atoms with van der Waals surface area (Å²) in [5, 5.41) is 12.9. The quantitative estimate of drug-likeness (QED) is 0.652. The van der Waals surface area contributed by atoms with Crippen molar-refractivity contribution in [1.82, 2.24) is 5.32 Å². The van der Waals surface area contributed by atoms with Crippen LogP contribution in [0.5, 0.6) is 5.75 Å². The Bertz CT molecular complexity index is 313. The van der Waals surface area contributed by atoms with Crippen LogP contribution in [0.1, 0.15) is 12.0 Å². The standard InChI is InChI=1S/C14H23NO3/c1-12-4-6-14(7-5-12)18-11-13(16)10-15-8-3-9-17-2/h4-7,13,15-16H,3,8-11H2,1-2H3/t13-/m1/s1. The van der Waals surface area contributed by atoms with Gasteiger partial charge in [0.1, 0.15) is 18.5 Å². The monoisotopic (exact) mass is 253 g/mol. The number of hydrogen-bond acceptors (Lipinski definition) is 4. The Hall–Kier alpha value is -1.10. The third-order valence-corrected chi connectivity index (χ3v) is 2.55. The zero-order valence-electron chi connectivity index (χ0n) is 11.2. The Morgan fingerprint density at radius 3 is 2.67 bits per heavy atom. The molecule has 1 rings (SSSR count). The minimum absolute atomic E-state index is 0.306. The number of nitrogens with one attached hydrogen (secondary N) is 1. The van der Waals surface area contributed by atoms with Crippen LogP contribution in [0.3, 0.4) is 0 Å². The normalized spacial score (nSPS) is 12.4. The maximum Gasteiger partial charge on any atom is 0.119 e. The lowest BCUT2D eigenvalue weighted by molar-refractivity contribution is 0.105. The second-order valence-corrected chi connectivity index (χ2v) is 4.33. The van der Waals surface area contributed by atoms with Crippen LogP contribution in [0.25, 0.3) is 0 Å². The average Bonchev–Trinajstić information content (AvgIpc) is 2.38. The summed E-state index contributed by atoms with van der Waals surface area (Å²) in [4.78, 5) is 0. The van der Waals surface area contributed by atoms with Gasteiger partial charge in [0.15, 0.2) is 0 Å². The Balaban J connectivity index is 2.09. The molecule has 0 saturated carbocycles. The topological polar surface area (TPSA) is 50.7 Å². The first-order valence-corrected chi connectivity index (χ1v) is 6.29. The van der Waals surface area contributed by atoms with Crippen molar-refractivity contribution in [3.63, 3.8) is 0 Å². The van der Waals surface area contributed by atoms with Crippen LogP contribution in [0.4, 0.5) is 0 Å². The molecule has 0 aliphatic heterocycles. The van der Waals surface area contributed by atoms with E-state index in [1.54, 1.807) is 7.11 Å². The maximum atomic E-state index is 9.70. The van der Waals surface area contributed by atoms with E-state index >= 15 is 0 Å². The van der Waals surface area contributed by atoms with Crippen LogP contribution in [-0.4, -0.2) is 44.6 Å². The summed E-state index contributed by atoms with van der Waals surface area (Å²) in [5.74, 6) is 0.791. The molecule has 1 atom stereocenters. The van der Waals surface area contributed by atoms with Gasteiger partial charge in [0.25, 0.3) is 0 Å². The van der Waals surface area contributed by atoms with Crippen LogP contribution in [-0.2, 0) is 4.74 Å². The number of rotatable bonds is 9. The van der Waals surface area contributed by atoms with Crippen LogP contribution < -0.4 is 10.1 Å². The fourth-order valence-electron chi connectivity index (χ4n) is 1.50. The molecule has 18 heavy (non-hydrogen) atoms. The number of aliphatic hydroxyl groups excluding tert-OH is 1. The molecule has 0 bridgehead atoms. The lowest BCUT2D eigenvalue weighted by atomic mass is 10.2. The van der Waals surface area contributed by atoms with Gasteiger partial charge in [0.2, 0.25) is 0 Å². The average molecular weight is 253 g/mol. The summed E-state index contributed by atoms with van der Waals surface area (Å²) in [6.07, 6.45) is 0.455. The van der Waals surface area contributed by atoms with Crippen molar-refractivity contribution < 1.29 is 14.6 Å². The van der Waals surface area contributed by atoms with Crippen molar-refractivity contribution in [3.05, 3.63) is 29.8 Å². The molecule has 4 heteroatoms. The van der Waals surface area contributed by atoms with E-state index in [1.807, 2.05) is 31.2 Å². The van der Waals surface area contributed by atoms with Gasteiger partial charge in [-0.05, 0) is 32.0 Å². The van der Waals surface area contributed by atoms with Crippen LogP contribution in [0.2, 0.25) is 0 Å². The number of aryl methyl sites for hydroxylation is 1. The van der Waals surface area contributed by atoms with E-state index in [4.69, 9.17) is 9.47 Å². The molecule has 1 aromatic carbocycles. The summed E-state index contributed by atoms with van der Waals surface area (Å²) < 4.78 is 10.4. The molecule has 0 radical (unpaired) electrons. The SMILES string of the molecule is COCCCNC[C@@H](O)COc1ccc(C)cc1. The summed E-state index contributed by atoms with van der Waals surface area (Å²) in [6.45, 7) is 4.46. The minimum atomic E-state index is -0.492. The Kier molecular flexibility index (Phi) is 7.41. The number of benzene rings is 1. The molecule has 0 fully saturated rings. The number of aliphatic hydroxyl groups is 1. The van der Waals surface area contributed by atoms with E-state index in [1.165, 1.54) is 5.56 Å². The van der Waals surface area contributed by atoms with Crippen molar-refractivity contribution in [1.29, 1.82) is 0 Å². The highest BCUT2D eigenvalue weighted by molar-refractivity contribution is 5.26. The van der Waals surface area contributed by atoms with E-state index in [2.05, 4.69) is 5.32 Å². The van der Waals surface area contributed by atoms with E-state index < -0.39 is 6.10 Å². The molecule has 0 aliphatic rings. The smallest absolute Gasteiger partial charge is 0.119 e. The molecule has 0 amide bonds. The first kappa shape index (κ1) is 15.0. The van der Waals surface area contributed by atoms with Crippen molar-refractivity contribution in [2.45, 2.75) is 19.4 Å². The van der Waals surface area contributed by atoms with Crippen molar-refractivity contribution in [3.8, 4) is 5.75 Å². The number of hydrogen-bond donors (Lipinski definition) is 2. The van der Waals surface area contributed by atoms with E-state index in [0.717, 1.165) is 25.3 Å². The number of ether oxygens (including phenoxy) is 2.